The third kappa shape index (κ3) is 3.41. The number of amides is 1. The van der Waals surface area contributed by atoms with E-state index in [-0.39, 0.29) is 12.5 Å². The standard InChI is InChI=1S/C15H12N2O2/c18-11-3-5-12-4-1-2-6-14(12)17-15(19)13-7-9-16-10-8-13/h1-2,4,6-10,18H,11H2,(H,17,19). The molecule has 0 bridgehead atoms. The van der Waals surface area contributed by atoms with Crippen molar-refractivity contribution in [3.63, 3.8) is 0 Å². The zero-order chi connectivity index (χ0) is 13.5. The molecule has 0 saturated heterocycles. The molecule has 2 rings (SSSR count). The van der Waals surface area contributed by atoms with E-state index in [0.29, 0.717) is 16.8 Å². The number of para-hydroxylation sites is 1. The van der Waals surface area contributed by atoms with Crippen molar-refractivity contribution in [3.05, 3.63) is 59.9 Å². The van der Waals surface area contributed by atoms with Crippen molar-refractivity contribution in [2.45, 2.75) is 0 Å². The van der Waals surface area contributed by atoms with Gasteiger partial charge in [0, 0.05) is 23.5 Å². The van der Waals surface area contributed by atoms with E-state index >= 15 is 0 Å². The van der Waals surface area contributed by atoms with Gasteiger partial charge in [-0.3, -0.25) is 9.78 Å². The normalized spacial score (nSPS) is 9.32. The van der Waals surface area contributed by atoms with Crippen LogP contribution >= 0.6 is 0 Å². The van der Waals surface area contributed by atoms with Gasteiger partial charge in [0.1, 0.15) is 6.61 Å². The van der Waals surface area contributed by atoms with E-state index in [1.54, 1.807) is 36.7 Å². The highest BCUT2D eigenvalue weighted by molar-refractivity contribution is 6.04. The van der Waals surface area contributed by atoms with Crippen LogP contribution in [0.1, 0.15) is 15.9 Å². The van der Waals surface area contributed by atoms with Gasteiger partial charge in [-0.2, -0.15) is 0 Å². The predicted octanol–water partition coefficient (Wildman–Crippen LogP) is 1.68. The Labute approximate surface area is 111 Å². The molecule has 0 aliphatic heterocycles. The molecule has 1 heterocycles. The Hall–Kier alpha value is -2.64. The molecule has 94 valence electrons. The Balaban J connectivity index is 2.22. The number of hydrogen-bond acceptors (Lipinski definition) is 3. The summed E-state index contributed by atoms with van der Waals surface area (Å²) in [6.45, 7) is -0.216. The lowest BCUT2D eigenvalue weighted by Gasteiger charge is -2.07. The first-order chi connectivity index (χ1) is 9.31. The summed E-state index contributed by atoms with van der Waals surface area (Å²) in [6, 6.07) is 10.5. The number of carbonyl (C=O) groups excluding carboxylic acids is 1. The smallest absolute Gasteiger partial charge is 0.255 e. The van der Waals surface area contributed by atoms with Gasteiger partial charge < -0.3 is 10.4 Å². The van der Waals surface area contributed by atoms with Crippen LogP contribution in [0.2, 0.25) is 0 Å². The van der Waals surface area contributed by atoms with E-state index < -0.39 is 0 Å². The van der Waals surface area contributed by atoms with Gasteiger partial charge in [-0.25, -0.2) is 0 Å². The van der Waals surface area contributed by atoms with Crippen LogP contribution in [-0.4, -0.2) is 22.6 Å². The molecule has 0 radical (unpaired) electrons. The van der Waals surface area contributed by atoms with Crippen molar-refractivity contribution in [2.24, 2.45) is 0 Å². The average Bonchev–Trinajstić information content (AvgIpc) is 2.47. The van der Waals surface area contributed by atoms with Gasteiger partial charge in [-0.05, 0) is 24.3 Å². The second-order valence-electron chi connectivity index (χ2n) is 3.70. The number of hydrogen-bond donors (Lipinski definition) is 2. The zero-order valence-electron chi connectivity index (χ0n) is 10.1. The molecule has 4 nitrogen and oxygen atoms in total. The first-order valence-electron chi connectivity index (χ1n) is 5.71. The quantitative estimate of drug-likeness (QED) is 0.799. The van der Waals surface area contributed by atoms with Crippen LogP contribution in [0.4, 0.5) is 5.69 Å². The Morgan fingerprint density at radius 2 is 1.95 bits per heavy atom. The minimum atomic E-state index is -0.222. The molecule has 0 aliphatic rings. The molecule has 1 amide bonds. The van der Waals surface area contributed by atoms with E-state index in [0.717, 1.165) is 0 Å². The zero-order valence-corrected chi connectivity index (χ0v) is 10.1. The molecule has 2 aromatic rings. The molecule has 19 heavy (non-hydrogen) atoms. The number of aliphatic hydroxyl groups is 1. The second-order valence-corrected chi connectivity index (χ2v) is 3.70. The molecule has 0 fully saturated rings. The summed E-state index contributed by atoms with van der Waals surface area (Å²) >= 11 is 0. The Bertz CT molecular complexity index is 627. The monoisotopic (exact) mass is 252 g/mol. The molecule has 1 aromatic heterocycles. The molecule has 4 heteroatoms. The maximum Gasteiger partial charge on any atom is 0.255 e. The maximum absolute atomic E-state index is 12.0. The summed E-state index contributed by atoms with van der Waals surface area (Å²) in [7, 11) is 0. The second kappa shape index (κ2) is 6.34. The molecule has 0 unspecified atom stereocenters. The molecular weight excluding hydrogens is 240 g/mol. The van der Waals surface area contributed by atoms with Crippen LogP contribution in [0.5, 0.6) is 0 Å². The minimum absolute atomic E-state index is 0.216. The van der Waals surface area contributed by atoms with Crippen molar-refractivity contribution in [3.8, 4) is 11.8 Å². The molecule has 2 N–H and O–H groups in total. The molecule has 1 aromatic carbocycles. The topological polar surface area (TPSA) is 62.2 Å². The first-order valence-corrected chi connectivity index (χ1v) is 5.71. The SMILES string of the molecule is O=C(Nc1ccccc1C#CCO)c1ccncc1. The summed E-state index contributed by atoms with van der Waals surface area (Å²) in [4.78, 5) is 15.9. The predicted molar refractivity (Wildman–Crippen MR) is 72.6 cm³/mol. The number of nitrogens with one attached hydrogen (secondary N) is 1. The van der Waals surface area contributed by atoms with E-state index in [1.165, 1.54) is 0 Å². The molecular formula is C15H12N2O2. The van der Waals surface area contributed by atoms with Gasteiger partial charge in [-0.1, -0.05) is 24.0 Å². The average molecular weight is 252 g/mol. The van der Waals surface area contributed by atoms with E-state index in [2.05, 4.69) is 22.1 Å². The fraction of sp³-hybridized carbons (Fsp3) is 0.0667. The molecule has 0 aliphatic carbocycles. The van der Waals surface area contributed by atoms with Gasteiger partial charge in [0.25, 0.3) is 5.91 Å². The Morgan fingerprint density at radius 1 is 1.21 bits per heavy atom. The van der Waals surface area contributed by atoms with Crippen LogP contribution in [0.25, 0.3) is 0 Å². The number of nitrogens with zero attached hydrogens (tertiary/aromatic N) is 1. The van der Waals surface area contributed by atoms with Crippen molar-refractivity contribution < 1.29 is 9.90 Å². The fourth-order valence-corrected chi connectivity index (χ4v) is 1.53. The van der Waals surface area contributed by atoms with Gasteiger partial charge in [0.2, 0.25) is 0 Å². The lowest BCUT2D eigenvalue weighted by Crippen LogP contribution is -2.12. The van der Waals surface area contributed by atoms with Gasteiger partial charge in [0.15, 0.2) is 0 Å². The number of pyridine rings is 1. The molecule has 0 atom stereocenters. The molecule has 0 saturated carbocycles. The third-order valence-electron chi connectivity index (χ3n) is 2.42. The van der Waals surface area contributed by atoms with Gasteiger partial charge in [-0.15, -0.1) is 0 Å². The van der Waals surface area contributed by atoms with Crippen LogP contribution in [-0.2, 0) is 0 Å². The largest absolute Gasteiger partial charge is 0.384 e. The van der Waals surface area contributed by atoms with E-state index in [1.807, 2.05) is 12.1 Å². The van der Waals surface area contributed by atoms with Crippen LogP contribution in [0, 0.1) is 11.8 Å². The van der Waals surface area contributed by atoms with E-state index in [4.69, 9.17) is 5.11 Å². The highest BCUT2D eigenvalue weighted by Crippen LogP contribution is 2.14. The molecule has 0 spiro atoms. The first kappa shape index (κ1) is 12.8. The van der Waals surface area contributed by atoms with E-state index in [9.17, 15) is 4.79 Å². The minimum Gasteiger partial charge on any atom is -0.384 e. The van der Waals surface area contributed by atoms with Gasteiger partial charge in [0.05, 0.1) is 5.69 Å². The summed E-state index contributed by atoms with van der Waals surface area (Å²) < 4.78 is 0. The number of rotatable bonds is 2. The highest BCUT2D eigenvalue weighted by atomic mass is 16.2. The summed E-state index contributed by atoms with van der Waals surface area (Å²) in [5.74, 6) is 5.13. The fourth-order valence-electron chi connectivity index (χ4n) is 1.53. The maximum atomic E-state index is 12.0. The van der Waals surface area contributed by atoms with Crippen molar-refractivity contribution in [1.29, 1.82) is 0 Å². The lowest BCUT2D eigenvalue weighted by atomic mass is 10.1. The number of carbonyl (C=O) groups is 1. The van der Waals surface area contributed by atoms with Crippen LogP contribution in [0.15, 0.2) is 48.8 Å². The summed E-state index contributed by atoms with van der Waals surface area (Å²) in [6.07, 6.45) is 3.12. The van der Waals surface area contributed by atoms with Crippen molar-refractivity contribution in [2.75, 3.05) is 11.9 Å². The van der Waals surface area contributed by atoms with Crippen molar-refractivity contribution >= 4 is 11.6 Å². The number of anilines is 1. The lowest BCUT2D eigenvalue weighted by molar-refractivity contribution is 0.102. The third-order valence-corrected chi connectivity index (χ3v) is 2.42. The van der Waals surface area contributed by atoms with Crippen molar-refractivity contribution in [1.82, 2.24) is 4.98 Å². The number of benzene rings is 1. The summed E-state index contributed by atoms with van der Waals surface area (Å²) in [5, 5.41) is 11.5. The summed E-state index contributed by atoms with van der Waals surface area (Å²) in [5.41, 5.74) is 1.81. The number of aromatic nitrogens is 1. The van der Waals surface area contributed by atoms with Crippen LogP contribution < -0.4 is 5.32 Å². The van der Waals surface area contributed by atoms with Crippen LogP contribution in [0.3, 0.4) is 0 Å². The van der Waals surface area contributed by atoms with Gasteiger partial charge >= 0.3 is 0 Å². The number of aliphatic hydroxyl groups excluding tert-OH is 1. The highest BCUT2D eigenvalue weighted by Gasteiger charge is 2.07. The Kier molecular flexibility index (Phi) is 4.27. The Morgan fingerprint density at radius 3 is 2.68 bits per heavy atom.